The molecule has 0 aromatic heterocycles. The van der Waals surface area contributed by atoms with Crippen molar-refractivity contribution in [2.24, 2.45) is 5.73 Å². The Morgan fingerprint density at radius 2 is 2.09 bits per heavy atom. The first-order valence-electron chi connectivity index (χ1n) is 6.76. The van der Waals surface area contributed by atoms with Crippen molar-refractivity contribution >= 4 is 23.6 Å². The predicted octanol–water partition coefficient (Wildman–Crippen LogP) is 0.0511. The maximum absolute atomic E-state index is 12.0. The summed E-state index contributed by atoms with van der Waals surface area (Å²) in [5.74, 6) is -2.05. The highest BCUT2D eigenvalue weighted by Gasteiger charge is 2.59. The summed E-state index contributed by atoms with van der Waals surface area (Å²) < 4.78 is 0. The zero-order valence-corrected chi connectivity index (χ0v) is 12.6. The minimum absolute atomic E-state index is 0.00207. The molecular weight excluding hydrogens is 308 g/mol. The summed E-state index contributed by atoms with van der Waals surface area (Å²) in [6.45, 7) is 1.77. The number of carboxylic acid groups (broad SMARTS) is 1. The number of aromatic hydroxyl groups is 2. The van der Waals surface area contributed by atoms with Crippen molar-refractivity contribution in [2.75, 3.05) is 6.54 Å². The molecule has 3 rings (SSSR count). The first-order chi connectivity index (χ1) is 10.3. The quantitative estimate of drug-likeness (QED) is 0.447. The number of benzene rings is 1. The minimum Gasteiger partial charge on any atom is -0.504 e. The molecule has 2 aliphatic rings. The first kappa shape index (κ1) is 15.0. The maximum atomic E-state index is 12.0. The van der Waals surface area contributed by atoms with Gasteiger partial charge in [0.2, 0.25) is 5.91 Å². The molecule has 5 N–H and O–H groups in total. The molecule has 0 radical (unpaired) electrons. The van der Waals surface area contributed by atoms with Crippen LogP contribution >= 0.6 is 11.8 Å². The van der Waals surface area contributed by atoms with Crippen LogP contribution in [0.5, 0.6) is 11.5 Å². The molecule has 7 nitrogen and oxygen atoms in total. The molecule has 0 saturated carbocycles. The topological polar surface area (TPSA) is 124 Å². The van der Waals surface area contributed by atoms with Gasteiger partial charge in [0.05, 0.1) is 0 Å². The standard InChI is InChI=1S/C14H16N2O5S/c1-6-14(13(20)21,7-2-3-8(17)9(18)4-7)5-16-11(19)10(15)12(16)22-6/h2-4,6,10,12,17-18H,5,15H2,1H3,(H,20,21)/t6?,10?,12-,14?/m1/s1. The van der Waals surface area contributed by atoms with E-state index in [1.165, 1.54) is 34.9 Å². The molecule has 2 heterocycles. The fourth-order valence-corrected chi connectivity index (χ4v) is 4.66. The lowest BCUT2D eigenvalue weighted by Crippen LogP contribution is -2.74. The number of hydrogen-bond donors (Lipinski definition) is 4. The largest absolute Gasteiger partial charge is 0.504 e. The van der Waals surface area contributed by atoms with E-state index in [1.807, 2.05) is 0 Å². The van der Waals surface area contributed by atoms with E-state index >= 15 is 0 Å². The lowest BCUT2D eigenvalue weighted by Gasteiger charge is -2.55. The Morgan fingerprint density at radius 3 is 2.68 bits per heavy atom. The molecule has 2 fully saturated rings. The second-order valence-corrected chi connectivity index (χ2v) is 7.10. The van der Waals surface area contributed by atoms with E-state index in [-0.39, 0.29) is 34.6 Å². The summed E-state index contributed by atoms with van der Waals surface area (Å²) in [4.78, 5) is 25.4. The summed E-state index contributed by atoms with van der Waals surface area (Å²) in [5, 5.41) is 28.4. The second-order valence-electron chi connectivity index (χ2n) is 5.64. The molecule has 2 aliphatic heterocycles. The zero-order valence-electron chi connectivity index (χ0n) is 11.8. The Bertz CT molecular complexity index is 667. The average molecular weight is 324 g/mol. The zero-order chi connectivity index (χ0) is 16.2. The van der Waals surface area contributed by atoms with Gasteiger partial charge < -0.3 is 26.0 Å². The summed E-state index contributed by atoms with van der Waals surface area (Å²) in [5.41, 5.74) is 4.74. The number of amides is 1. The number of rotatable bonds is 2. The highest BCUT2D eigenvalue weighted by molar-refractivity contribution is 8.00. The van der Waals surface area contributed by atoms with Crippen molar-refractivity contribution in [3.05, 3.63) is 23.8 Å². The number of hydrogen-bond acceptors (Lipinski definition) is 6. The smallest absolute Gasteiger partial charge is 0.317 e. The number of β-lactam (4-membered cyclic amide) rings is 1. The molecule has 0 aliphatic carbocycles. The van der Waals surface area contributed by atoms with Gasteiger partial charge in [-0.3, -0.25) is 9.59 Å². The summed E-state index contributed by atoms with van der Waals surface area (Å²) >= 11 is 1.34. The fourth-order valence-electron chi connectivity index (χ4n) is 3.09. The van der Waals surface area contributed by atoms with Gasteiger partial charge in [-0.25, -0.2) is 0 Å². The van der Waals surface area contributed by atoms with Crippen LogP contribution in [0, 0.1) is 0 Å². The predicted molar refractivity (Wildman–Crippen MR) is 79.6 cm³/mol. The molecule has 1 amide bonds. The molecule has 22 heavy (non-hydrogen) atoms. The second kappa shape index (κ2) is 4.79. The van der Waals surface area contributed by atoms with Gasteiger partial charge in [0.25, 0.3) is 0 Å². The number of nitrogens with two attached hydrogens (primary N) is 1. The number of carbonyl (C=O) groups excluding carboxylic acids is 1. The van der Waals surface area contributed by atoms with E-state index in [2.05, 4.69) is 0 Å². The van der Waals surface area contributed by atoms with Gasteiger partial charge in [-0.1, -0.05) is 13.0 Å². The van der Waals surface area contributed by atoms with Crippen LogP contribution in [0.2, 0.25) is 0 Å². The van der Waals surface area contributed by atoms with E-state index in [0.717, 1.165) is 0 Å². The van der Waals surface area contributed by atoms with Crippen LogP contribution in [-0.2, 0) is 15.0 Å². The normalized spacial score (nSPS) is 34.0. The number of phenols is 2. The van der Waals surface area contributed by atoms with Crippen molar-refractivity contribution in [3.63, 3.8) is 0 Å². The first-order valence-corrected chi connectivity index (χ1v) is 7.70. The molecule has 8 heteroatoms. The number of aliphatic carboxylic acids is 1. The summed E-state index contributed by atoms with van der Waals surface area (Å²) in [7, 11) is 0. The highest BCUT2D eigenvalue weighted by Crippen LogP contribution is 2.48. The molecule has 0 bridgehead atoms. The number of carboxylic acids is 1. The van der Waals surface area contributed by atoms with Crippen molar-refractivity contribution in [2.45, 2.75) is 29.0 Å². The van der Waals surface area contributed by atoms with E-state index in [1.54, 1.807) is 6.92 Å². The van der Waals surface area contributed by atoms with Gasteiger partial charge in [0.1, 0.15) is 16.8 Å². The molecule has 118 valence electrons. The van der Waals surface area contributed by atoms with E-state index < -0.39 is 17.4 Å². The minimum atomic E-state index is -1.36. The SMILES string of the molecule is CC1S[C@@H]2C(N)C(=O)N2CC1(C(=O)O)c1ccc(O)c(O)c1. The molecule has 3 unspecified atom stereocenters. The van der Waals surface area contributed by atoms with Crippen LogP contribution in [-0.4, -0.2) is 55.3 Å². The average Bonchev–Trinajstić information content (AvgIpc) is 2.49. The van der Waals surface area contributed by atoms with Gasteiger partial charge in [0.15, 0.2) is 11.5 Å². The number of thioether (sulfide) groups is 1. The van der Waals surface area contributed by atoms with Gasteiger partial charge in [-0.15, -0.1) is 11.8 Å². The van der Waals surface area contributed by atoms with E-state index in [9.17, 15) is 24.9 Å². The van der Waals surface area contributed by atoms with Crippen molar-refractivity contribution in [1.29, 1.82) is 0 Å². The van der Waals surface area contributed by atoms with Crippen LogP contribution in [0.25, 0.3) is 0 Å². The van der Waals surface area contributed by atoms with Crippen molar-refractivity contribution in [1.82, 2.24) is 4.90 Å². The number of fused-ring (bicyclic) bond motifs is 1. The Kier molecular flexibility index (Phi) is 3.26. The Morgan fingerprint density at radius 1 is 1.41 bits per heavy atom. The van der Waals surface area contributed by atoms with Gasteiger partial charge in [-0.05, 0) is 17.7 Å². The summed E-state index contributed by atoms with van der Waals surface area (Å²) in [6, 6.07) is 3.37. The number of phenolic OH excluding ortho intramolecular Hbond substituents is 2. The van der Waals surface area contributed by atoms with Crippen molar-refractivity contribution in [3.8, 4) is 11.5 Å². The Labute approximate surface area is 130 Å². The van der Waals surface area contributed by atoms with Gasteiger partial charge >= 0.3 is 5.97 Å². The molecule has 2 saturated heterocycles. The van der Waals surface area contributed by atoms with E-state index in [0.29, 0.717) is 5.56 Å². The maximum Gasteiger partial charge on any atom is 0.317 e. The highest BCUT2D eigenvalue weighted by atomic mass is 32.2. The third-order valence-corrected chi connectivity index (χ3v) is 6.15. The summed E-state index contributed by atoms with van der Waals surface area (Å²) in [6.07, 6.45) is 0. The molecule has 1 aromatic carbocycles. The molecule has 4 atom stereocenters. The fraction of sp³-hybridized carbons (Fsp3) is 0.429. The molecular formula is C14H16N2O5S. The number of carbonyl (C=O) groups is 2. The monoisotopic (exact) mass is 324 g/mol. The Hall–Kier alpha value is -1.93. The lowest BCUT2D eigenvalue weighted by atomic mass is 9.75. The lowest BCUT2D eigenvalue weighted by molar-refractivity contribution is -0.153. The van der Waals surface area contributed by atoms with Crippen LogP contribution in [0.15, 0.2) is 18.2 Å². The van der Waals surface area contributed by atoms with Gasteiger partial charge in [-0.2, -0.15) is 0 Å². The Balaban J connectivity index is 2.07. The van der Waals surface area contributed by atoms with E-state index in [4.69, 9.17) is 5.73 Å². The van der Waals surface area contributed by atoms with Crippen LogP contribution in [0.4, 0.5) is 0 Å². The molecule has 0 spiro atoms. The van der Waals surface area contributed by atoms with Gasteiger partial charge in [0, 0.05) is 11.8 Å². The van der Waals surface area contributed by atoms with Crippen LogP contribution < -0.4 is 5.73 Å². The van der Waals surface area contributed by atoms with Crippen molar-refractivity contribution < 1.29 is 24.9 Å². The van der Waals surface area contributed by atoms with Crippen LogP contribution in [0.3, 0.4) is 0 Å². The molecule has 1 aromatic rings. The third kappa shape index (κ3) is 1.80. The van der Waals surface area contributed by atoms with Crippen LogP contribution in [0.1, 0.15) is 12.5 Å². The number of nitrogens with zero attached hydrogens (tertiary/aromatic N) is 1. The third-order valence-electron chi connectivity index (χ3n) is 4.51.